The standard InChI is InChI=1S/C27H26BrClN2O5S/c1-5-7-19-23(26(33)36-6-2)24(17-14-16(29)9-11-20(17)34-3)31-25(32)22(37-27(31)30-19)13-15-8-10-21(35-4)18(28)12-15/h8-14,24H,5-7H2,1-4H3/b22-13+/t24-/m0/s1. The van der Waals surface area contributed by atoms with Crippen molar-refractivity contribution in [2.45, 2.75) is 32.7 Å². The zero-order chi connectivity index (χ0) is 26.7. The van der Waals surface area contributed by atoms with Gasteiger partial charge in [-0.3, -0.25) is 9.36 Å². The number of carbonyl (C=O) groups is 1. The fourth-order valence-electron chi connectivity index (χ4n) is 4.26. The summed E-state index contributed by atoms with van der Waals surface area (Å²) in [5.74, 6) is 0.674. The highest BCUT2D eigenvalue weighted by Crippen LogP contribution is 2.38. The maximum absolute atomic E-state index is 13.9. The molecule has 1 aliphatic rings. The predicted molar refractivity (Wildman–Crippen MR) is 148 cm³/mol. The number of hydrogen-bond donors (Lipinski definition) is 0. The first kappa shape index (κ1) is 27.2. The van der Waals surface area contributed by atoms with Crippen LogP contribution in [0.2, 0.25) is 5.02 Å². The second-order valence-corrected chi connectivity index (χ2v) is 10.5. The molecule has 0 unspecified atom stereocenters. The summed E-state index contributed by atoms with van der Waals surface area (Å²) < 4.78 is 19.2. The Bertz CT molecular complexity index is 1560. The van der Waals surface area contributed by atoms with Crippen LogP contribution in [0.1, 0.15) is 43.9 Å². The number of ether oxygens (including phenoxy) is 3. The molecule has 2 aromatic carbocycles. The second-order valence-electron chi connectivity index (χ2n) is 8.19. The number of methoxy groups -OCH3 is 2. The first-order valence-electron chi connectivity index (χ1n) is 11.7. The van der Waals surface area contributed by atoms with Gasteiger partial charge in [0.2, 0.25) is 0 Å². The third kappa shape index (κ3) is 5.39. The summed E-state index contributed by atoms with van der Waals surface area (Å²) in [6, 6.07) is 9.91. The lowest BCUT2D eigenvalue weighted by atomic mass is 9.93. The van der Waals surface area contributed by atoms with Crippen LogP contribution in [0.25, 0.3) is 6.08 Å². The lowest BCUT2D eigenvalue weighted by molar-refractivity contribution is -0.139. The highest BCUT2D eigenvalue weighted by Gasteiger charge is 2.36. The maximum atomic E-state index is 13.9. The number of thiazole rings is 1. The third-order valence-electron chi connectivity index (χ3n) is 5.85. The van der Waals surface area contributed by atoms with Crippen LogP contribution in [0.4, 0.5) is 0 Å². The molecule has 0 bridgehead atoms. The molecule has 0 N–H and O–H groups in total. The van der Waals surface area contributed by atoms with Crippen molar-refractivity contribution in [3.8, 4) is 11.5 Å². The van der Waals surface area contributed by atoms with Gasteiger partial charge in [0.05, 0.1) is 41.1 Å². The molecule has 37 heavy (non-hydrogen) atoms. The summed E-state index contributed by atoms with van der Waals surface area (Å²) in [6.45, 7) is 3.95. The van der Waals surface area contributed by atoms with Crippen LogP contribution in [0.15, 0.2) is 61.9 Å². The Morgan fingerprint density at radius 2 is 1.89 bits per heavy atom. The van der Waals surface area contributed by atoms with Crippen LogP contribution in [-0.2, 0) is 9.53 Å². The number of allylic oxidation sites excluding steroid dienone is 1. The van der Waals surface area contributed by atoms with Gasteiger partial charge < -0.3 is 14.2 Å². The SMILES string of the molecule is CCCC1=C(C(=O)OCC)[C@H](c2cc(Cl)ccc2OC)n2c(s/c(=C/c3ccc(OC)c(Br)c3)c2=O)=N1. The molecule has 0 spiro atoms. The Kier molecular flexibility index (Phi) is 8.56. The van der Waals surface area contributed by atoms with Crippen molar-refractivity contribution in [2.75, 3.05) is 20.8 Å². The zero-order valence-corrected chi connectivity index (χ0v) is 24.0. The first-order chi connectivity index (χ1) is 17.8. The van der Waals surface area contributed by atoms with Crippen LogP contribution in [0.5, 0.6) is 11.5 Å². The summed E-state index contributed by atoms with van der Waals surface area (Å²) in [7, 11) is 3.13. The molecule has 0 radical (unpaired) electrons. The Morgan fingerprint density at radius 1 is 1.16 bits per heavy atom. The van der Waals surface area contributed by atoms with E-state index in [2.05, 4.69) is 15.9 Å². The lowest BCUT2D eigenvalue weighted by Crippen LogP contribution is -2.40. The van der Waals surface area contributed by atoms with Gasteiger partial charge in [0, 0.05) is 10.6 Å². The summed E-state index contributed by atoms with van der Waals surface area (Å²) in [6.07, 6.45) is 3.10. The molecule has 1 atom stereocenters. The molecule has 0 amide bonds. The molecule has 0 fully saturated rings. The highest BCUT2D eigenvalue weighted by atomic mass is 79.9. The van der Waals surface area contributed by atoms with Crippen LogP contribution in [-0.4, -0.2) is 31.4 Å². The van der Waals surface area contributed by atoms with Gasteiger partial charge in [0.1, 0.15) is 17.5 Å². The van der Waals surface area contributed by atoms with Crippen molar-refractivity contribution in [1.82, 2.24) is 4.57 Å². The van der Waals surface area contributed by atoms with Crippen molar-refractivity contribution in [1.29, 1.82) is 0 Å². The second kappa shape index (κ2) is 11.7. The minimum Gasteiger partial charge on any atom is -0.496 e. The molecule has 1 aliphatic heterocycles. The number of aromatic nitrogens is 1. The van der Waals surface area contributed by atoms with Crippen LogP contribution in [0, 0.1) is 0 Å². The first-order valence-corrected chi connectivity index (χ1v) is 13.7. The Labute approximate surface area is 231 Å². The van der Waals surface area contributed by atoms with E-state index in [1.54, 1.807) is 45.4 Å². The van der Waals surface area contributed by atoms with Gasteiger partial charge >= 0.3 is 5.97 Å². The van der Waals surface area contributed by atoms with Crippen LogP contribution >= 0.6 is 38.9 Å². The Hall–Kier alpha value is -2.88. The summed E-state index contributed by atoms with van der Waals surface area (Å²) >= 11 is 11.1. The van der Waals surface area contributed by atoms with Gasteiger partial charge in [0.25, 0.3) is 5.56 Å². The molecule has 0 aliphatic carbocycles. The fraction of sp³-hybridized carbons (Fsp3) is 0.296. The number of rotatable bonds is 8. The number of benzene rings is 2. The van der Waals surface area contributed by atoms with Crippen molar-refractivity contribution in [3.05, 3.63) is 88.0 Å². The number of nitrogens with zero attached hydrogens (tertiary/aromatic N) is 2. The Morgan fingerprint density at radius 3 is 2.54 bits per heavy atom. The third-order valence-corrected chi connectivity index (χ3v) is 7.69. The van der Waals surface area contributed by atoms with Gasteiger partial charge in [-0.15, -0.1) is 0 Å². The van der Waals surface area contributed by atoms with Crippen LogP contribution in [0.3, 0.4) is 0 Å². The lowest BCUT2D eigenvalue weighted by Gasteiger charge is -2.27. The number of fused-ring (bicyclic) bond motifs is 1. The average molecular weight is 606 g/mol. The van der Waals surface area contributed by atoms with Gasteiger partial charge in [-0.05, 0) is 71.2 Å². The number of halogens is 2. The topological polar surface area (TPSA) is 79.1 Å². The molecule has 194 valence electrons. The van der Waals surface area contributed by atoms with E-state index in [9.17, 15) is 9.59 Å². The zero-order valence-electron chi connectivity index (χ0n) is 20.8. The maximum Gasteiger partial charge on any atom is 0.338 e. The minimum atomic E-state index is -0.810. The fourth-order valence-corrected chi connectivity index (χ4v) is 6.02. The van der Waals surface area contributed by atoms with Gasteiger partial charge in [0.15, 0.2) is 4.80 Å². The number of esters is 1. The van der Waals surface area contributed by atoms with E-state index in [0.29, 0.717) is 49.1 Å². The molecular formula is C27H26BrClN2O5S. The minimum absolute atomic E-state index is 0.192. The normalized spacial score (nSPS) is 15.3. The molecule has 2 heterocycles. The smallest absolute Gasteiger partial charge is 0.338 e. The van der Waals surface area contributed by atoms with E-state index in [1.165, 1.54) is 15.9 Å². The molecule has 10 heteroatoms. The molecule has 1 aromatic heterocycles. The van der Waals surface area contributed by atoms with Gasteiger partial charge in [-0.2, -0.15) is 0 Å². The average Bonchev–Trinajstić information content (AvgIpc) is 3.18. The van der Waals surface area contributed by atoms with Crippen molar-refractivity contribution < 1.29 is 19.0 Å². The quantitative estimate of drug-likeness (QED) is 0.337. The van der Waals surface area contributed by atoms with E-state index in [-0.39, 0.29) is 12.2 Å². The van der Waals surface area contributed by atoms with Crippen molar-refractivity contribution in [3.63, 3.8) is 0 Å². The van der Waals surface area contributed by atoms with Gasteiger partial charge in [-0.25, -0.2) is 9.79 Å². The molecule has 7 nitrogen and oxygen atoms in total. The van der Waals surface area contributed by atoms with Crippen molar-refractivity contribution >= 4 is 50.9 Å². The number of carbonyl (C=O) groups excluding carboxylic acids is 1. The molecule has 4 rings (SSSR count). The van der Waals surface area contributed by atoms with Gasteiger partial charge in [-0.1, -0.05) is 42.3 Å². The molecule has 0 saturated heterocycles. The van der Waals surface area contributed by atoms with Crippen LogP contribution < -0.4 is 24.4 Å². The summed E-state index contributed by atoms with van der Waals surface area (Å²) in [5.41, 5.74) is 2.03. The Balaban J connectivity index is 2.03. The van der Waals surface area contributed by atoms with E-state index < -0.39 is 12.0 Å². The van der Waals surface area contributed by atoms with E-state index in [4.69, 9.17) is 30.8 Å². The predicted octanol–water partition coefficient (Wildman–Crippen LogP) is 5.01. The molecule has 0 saturated carbocycles. The molecular weight excluding hydrogens is 580 g/mol. The van der Waals surface area contributed by atoms with E-state index in [1.807, 2.05) is 25.1 Å². The highest BCUT2D eigenvalue weighted by molar-refractivity contribution is 9.10. The molecule has 3 aromatic rings. The van der Waals surface area contributed by atoms with E-state index >= 15 is 0 Å². The van der Waals surface area contributed by atoms with Crippen molar-refractivity contribution in [2.24, 2.45) is 4.99 Å². The number of hydrogen-bond acceptors (Lipinski definition) is 7. The largest absolute Gasteiger partial charge is 0.496 e. The summed E-state index contributed by atoms with van der Waals surface area (Å²) in [4.78, 5) is 32.5. The van der Waals surface area contributed by atoms with E-state index in [0.717, 1.165) is 16.5 Å². The summed E-state index contributed by atoms with van der Waals surface area (Å²) in [5, 5.41) is 0.457. The monoisotopic (exact) mass is 604 g/mol.